The molecule has 0 amide bonds. The van der Waals surface area contributed by atoms with Crippen LogP contribution in [0.15, 0.2) is 48.7 Å². The molecule has 0 atom stereocenters. The Morgan fingerprint density at radius 3 is 2.40 bits per heavy atom. The van der Waals surface area contributed by atoms with Crippen LogP contribution in [-0.2, 0) is 0 Å². The minimum Gasteiger partial charge on any atom is -0.495 e. The van der Waals surface area contributed by atoms with Crippen molar-refractivity contribution < 1.29 is 4.74 Å². The predicted molar refractivity (Wildman–Crippen MR) is 103 cm³/mol. The molecule has 0 saturated carbocycles. The molecule has 2 N–H and O–H groups in total. The van der Waals surface area contributed by atoms with Crippen molar-refractivity contribution in [3.05, 3.63) is 64.8 Å². The summed E-state index contributed by atoms with van der Waals surface area (Å²) >= 11 is 6.15. The molecular formula is C19H19ClN4O. The highest BCUT2D eigenvalue weighted by atomic mass is 35.5. The Labute approximate surface area is 152 Å². The van der Waals surface area contributed by atoms with Crippen LogP contribution in [0.3, 0.4) is 0 Å². The van der Waals surface area contributed by atoms with E-state index in [9.17, 15) is 0 Å². The Bertz CT molecular complexity index is 898. The van der Waals surface area contributed by atoms with Gasteiger partial charge in [0.05, 0.1) is 12.1 Å². The first-order valence-electron chi connectivity index (χ1n) is 7.83. The Morgan fingerprint density at radius 2 is 1.68 bits per heavy atom. The zero-order chi connectivity index (χ0) is 17.8. The molecule has 5 nitrogen and oxygen atoms in total. The molecule has 0 saturated heterocycles. The maximum atomic E-state index is 6.15. The molecule has 1 aromatic heterocycles. The number of aromatic nitrogens is 2. The van der Waals surface area contributed by atoms with Crippen molar-refractivity contribution in [1.29, 1.82) is 0 Å². The van der Waals surface area contributed by atoms with Gasteiger partial charge in [-0.05, 0) is 61.4 Å². The Hall–Kier alpha value is -2.79. The lowest BCUT2D eigenvalue weighted by Crippen LogP contribution is -2.01. The van der Waals surface area contributed by atoms with Gasteiger partial charge in [0.25, 0.3) is 0 Å². The summed E-state index contributed by atoms with van der Waals surface area (Å²) in [6.07, 6.45) is 1.70. The number of hydrogen-bond acceptors (Lipinski definition) is 5. The van der Waals surface area contributed by atoms with E-state index >= 15 is 0 Å². The summed E-state index contributed by atoms with van der Waals surface area (Å²) in [5.41, 5.74) is 4.24. The molecule has 128 valence electrons. The van der Waals surface area contributed by atoms with Gasteiger partial charge in [0, 0.05) is 17.6 Å². The number of nitrogens with one attached hydrogen (secondary N) is 2. The van der Waals surface area contributed by atoms with Crippen LogP contribution in [0.1, 0.15) is 11.1 Å². The van der Waals surface area contributed by atoms with Crippen molar-refractivity contribution >= 4 is 34.7 Å². The highest BCUT2D eigenvalue weighted by Crippen LogP contribution is 2.28. The van der Waals surface area contributed by atoms with Gasteiger partial charge in [-0.2, -0.15) is 4.98 Å². The van der Waals surface area contributed by atoms with Gasteiger partial charge in [-0.15, -0.1) is 0 Å². The summed E-state index contributed by atoms with van der Waals surface area (Å²) in [5, 5.41) is 6.97. The van der Waals surface area contributed by atoms with Gasteiger partial charge in [0.2, 0.25) is 5.95 Å². The second-order valence-corrected chi connectivity index (χ2v) is 6.07. The normalized spacial score (nSPS) is 10.4. The topological polar surface area (TPSA) is 59.1 Å². The van der Waals surface area contributed by atoms with Gasteiger partial charge in [0.15, 0.2) is 0 Å². The summed E-state index contributed by atoms with van der Waals surface area (Å²) in [6, 6.07) is 13.4. The van der Waals surface area contributed by atoms with E-state index in [0.29, 0.717) is 22.5 Å². The van der Waals surface area contributed by atoms with Crippen LogP contribution >= 0.6 is 11.6 Å². The van der Waals surface area contributed by atoms with Crippen LogP contribution in [0.25, 0.3) is 0 Å². The van der Waals surface area contributed by atoms with E-state index in [2.05, 4.69) is 46.6 Å². The van der Waals surface area contributed by atoms with Crippen molar-refractivity contribution in [3.8, 4) is 5.75 Å². The van der Waals surface area contributed by atoms with Crippen molar-refractivity contribution in [3.63, 3.8) is 0 Å². The van der Waals surface area contributed by atoms with E-state index in [1.165, 1.54) is 11.1 Å². The number of nitrogens with zero attached hydrogens (tertiary/aromatic N) is 2. The van der Waals surface area contributed by atoms with Crippen LogP contribution in [0.4, 0.5) is 23.1 Å². The van der Waals surface area contributed by atoms with E-state index in [1.807, 2.05) is 12.1 Å². The lowest BCUT2D eigenvalue weighted by atomic mass is 10.1. The maximum absolute atomic E-state index is 6.15. The quantitative estimate of drug-likeness (QED) is 0.656. The van der Waals surface area contributed by atoms with Crippen molar-refractivity contribution in [2.24, 2.45) is 0 Å². The minimum absolute atomic E-state index is 0.521. The number of ether oxygens (including phenoxy) is 1. The highest BCUT2D eigenvalue weighted by molar-refractivity contribution is 6.32. The first kappa shape index (κ1) is 17.0. The number of benzene rings is 2. The lowest BCUT2D eigenvalue weighted by molar-refractivity contribution is 0.415. The fourth-order valence-corrected chi connectivity index (χ4v) is 2.59. The van der Waals surface area contributed by atoms with E-state index in [-0.39, 0.29) is 0 Å². The summed E-state index contributed by atoms with van der Waals surface area (Å²) in [5.74, 6) is 1.82. The van der Waals surface area contributed by atoms with E-state index in [4.69, 9.17) is 16.3 Å². The summed E-state index contributed by atoms with van der Waals surface area (Å²) in [6.45, 7) is 4.16. The van der Waals surface area contributed by atoms with Crippen LogP contribution < -0.4 is 15.4 Å². The lowest BCUT2D eigenvalue weighted by Gasteiger charge is -2.10. The van der Waals surface area contributed by atoms with Crippen molar-refractivity contribution in [1.82, 2.24) is 9.97 Å². The second-order valence-electron chi connectivity index (χ2n) is 5.66. The molecule has 3 aromatic rings. The standard InChI is InChI=1S/C19H19ClN4O/c1-12-4-5-14(10-13(12)2)23-19-21-9-8-18(24-19)22-15-6-7-17(25-3)16(20)11-15/h4-11H,1-3H3,(H2,21,22,23,24). The van der Waals surface area contributed by atoms with Crippen LogP contribution in [0, 0.1) is 13.8 Å². The van der Waals surface area contributed by atoms with Crippen LogP contribution in [0.5, 0.6) is 5.75 Å². The molecule has 2 aromatic carbocycles. The van der Waals surface area contributed by atoms with Crippen molar-refractivity contribution in [2.45, 2.75) is 13.8 Å². The zero-order valence-electron chi connectivity index (χ0n) is 14.3. The summed E-state index contributed by atoms with van der Waals surface area (Å²) < 4.78 is 5.16. The Balaban J connectivity index is 1.77. The second kappa shape index (κ2) is 7.40. The Morgan fingerprint density at radius 1 is 0.920 bits per heavy atom. The molecule has 0 spiro atoms. The number of rotatable bonds is 5. The molecule has 0 aliphatic rings. The average Bonchev–Trinajstić information content (AvgIpc) is 2.59. The van der Waals surface area contributed by atoms with Gasteiger partial charge in [0.1, 0.15) is 11.6 Å². The number of anilines is 4. The molecule has 0 radical (unpaired) electrons. The van der Waals surface area contributed by atoms with Gasteiger partial charge < -0.3 is 15.4 Å². The minimum atomic E-state index is 0.521. The molecule has 0 aliphatic heterocycles. The summed E-state index contributed by atoms with van der Waals surface area (Å²) in [7, 11) is 1.59. The number of halogens is 1. The molecule has 0 fully saturated rings. The SMILES string of the molecule is COc1ccc(Nc2ccnc(Nc3ccc(C)c(C)c3)n2)cc1Cl. The van der Waals surface area contributed by atoms with Crippen LogP contribution in [-0.4, -0.2) is 17.1 Å². The van der Waals surface area contributed by atoms with Gasteiger partial charge in [-0.1, -0.05) is 17.7 Å². The van der Waals surface area contributed by atoms with Gasteiger partial charge in [-0.3, -0.25) is 0 Å². The average molecular weight is 355 g/mol. The molecule has 25 heavy (non-hydrogen) atoms. The number of methoxy groups -OCH3 is 1. The monoisotopic (exact) mass is 354 g/mol. The highest BCUT2D eigenvalue weighted by Gasteiger charge is 2.05. The first-order valence-corrected chi connectivity index (χ1v) is 8.21. The number of aryl methyl sites for hydroxylation is 2. The van der Waals surface area contributed by atoms with Crippen LogP contribution in [0.2, 0.25) is 5.02 Å². The van der Waals surface area contributed by atoms with Gasteiger partial charge >= 0.3 is 0 Å². The molecule has 1 heterocycles. The van der Waals surface area contributed by atoms with E-state index in [1.54, 1.807) is 31.5 Å². The third kappa shape index (κ3) is 4.19. The molecule has 0 aliphatic carbocycles. The van der Waals surface area contributed by atoms with E-state index < -0.39 is 0 Å². The smallest absolute Gasteiger partial charge is 0.229 e. The molecule has 0 unspecified atom stereocenters. The number of hydrogen-bond donors (Lipinski definition) is 2. The zero-order valence-corrected chi connectivity index (χ0v) is 15.1. The summed E-state index contributed by atoms with van der Waals surface area (Å²) in [4.78, 5) is 8.75. The van der Waals surface area contributed by atoms with Gasteiger partial charge in [-0.25, -0.2) is 4.98 Å². The third-order valence-electron chi connectivity index (χ3n) is 3.84. The predicted octanol–water partition coefficient (Wildman–Crippen LogP) is 5.24. The largest absolute Gasteiger partial charge is 0.495 e. The first-order chi connectivity index (χ1) is 12.0. The fourth-order valence-electron chi connectivity index (χ4n) is 2.33. The van der Waals surface area contributed by atoms with E-state index in [0.717, 1.165) is 11.4 Å². The fraction of sp³-hybridized carbons (Fsp3) is 0.158. The maximum Gasteiger partial charge on any atom is 0.229 e. The van der Waals surface area contributed by atoms with Crippen molar-refractivity contribution in [2.75, 3.05) is 17.7 Å². The third-order valence-corrected chi connectivity index (χ3v) is 4.14. The molecular weight excluding hydrogens is 336 g/mol. The molecule has 6 heteroatoms. The molecule has 3 rings (SSSR count). The molecule has 0 bridgehead atoms. The Kier molecular flexibility index (Phi) is 5.05.